The van der Waals surface area contributed by atoms with Gasteiger partial charge in [0.25, 0.3) is 5.69 Å². The molecule has 0 N–H and O–H groups in total. The number of aromatic nitrogens is 1. The zero-order chi connectivity index (χ0) is 20.3. The maximum absolute atomic E-state index is 12.7. The normalized spacial score (nSPS) is 10.7. The molecule has 8 heteroatoms. The third-order valence-corrected chi connectivity index (χ3v) is 5.35. The Hall–Kier alpha value is -3.13. The van der Waals surface area contributed by atoms with Gasteiger partial charge in [-0.2, -0.15) is 0 Å². The Labute approximate surface area is 166 Å². The molecular formula is C20H20N2O5S. The highest BCUT2D eigenvalue weighted by Crippen LogP contribution is 2.31. The maximum atomic E-state index is 12.7. The van der Waals surface area contributed by atoms with Gasteiger partial charge >= 0.3 is 0 Å². The Balaban J connectivity index is 1.77. The second-order valence-corrected chi connectivity index (χ2v) is 7.29. The molecule has 7 nitrogen and oxygen atoms in total. The fourth-order valence-electron chi connectivity index (χ4n) is 3.00. The van der Waals surface area contributed by atoms with Gasteiger partial charge in [-0.25, -0.2) is 0 Å². The van der Waals surface area contributed by atoms with Gasteiger partial charge in [0.15, 0.2) is 18.1 Å². The first-order valence-corrected chi connectivity index (χ1v) is 9.46. The molecule has 28 heavy (non-hydrogen) atoms. The summed E-state index contributed by atoms with van der Waals surface area (Å²) in [4.78, 5) is 24.4. The Morgan fingerprint density at radius 2 is 2.00 bits per heavy atom. The molecule has 0 bridgehead atoms. The molecule has 2 heterocycles. The zero-order valence-electron chi connectivity index (χ0n) is 15.8. The first-order chi connectivity index (χ1) is 13.4. The number of methoxy groups -OCH3 is 1. The number of carbonyl (C=O) groups excluding carboxylic acids is 1. The molecule has 0 fully saturated rings. The molecule has 1 aromatic carbocycles. The molecule has 0 aliphatic carbocycles. The number of carbonyl (C=O) groups is 1. The van der Waals surface area contributed by atoms with E-state index >= 15 is 0 Å². The van der Waals surface area contributed by atoms with Crippen LogP contribution in [0.2, 0.25) is 0 Å². The first-order valence-electron chi connectivity index (χ1n) is 8.58. The van der Waals surface area contributed by atoms with E-state index in [4.69, 9.17) is 9.47 Å². The van der Waals surface area contributed by atoms with E-state index in [0.29, 0.717) is 17.9 Å². The Morgan fingerprint density at radius 1 is 1.21 bits per heavy atom. The highest BCUT2D eigenvalue weighted by Gasteiger charge is 2.18. The summed E-state index contributed by atoms with van der Waals surface area (Å²) < 4.78 is 12.8. The number of ketones is 1. The van der Waals surface area contributed by atoms with Crippen molar-refractivity contribution in [2.24, 2.45) is 0 Å². The third-order valence-electron chi connectivity index (χ3n) is 4.48. The molecule has 3 aromatic rings. The van der Waals surface area contributed by atoms with Gasteiger partial charge in [-0.05, 0) is 37.4 Å². The lowest BCUT2D eigenvalue weighted by Crippen LogP contribution is -2.13. The number of benzene rings is 1. The zero-order valence-corrected chi connectivity index (χ0v) is 16.6. The van der Waals surface area contributed by atoms with Crippen LogP contribution in [0, 0.1) is 24.0 Å². The molecule has 0 amide bonds. The number of ether oxygens (including phenoxy) is 2. The molecule has 0 unspecified atom stereocenters. The SMILES string of the molecule is COc1ccc([N+](=O)[O-])cc1OCC(=O)c1cc(C)n(Cc2cccs2)c1C. The highest BCUT2D eigenvalue weighted by molar-refractivity contribution is 7.09. The quantitative estimate of drug-likeness (QED) is 0.318. The summed E-state index contributed by atoms with van der Waals surface area (Å²) >= 11 is 1.67. The molecule has 0 saturated heterocycles. The van der Waals surface area contributed by atoms with Crippen molar-refractivity contribution >= 4 is 22.8 Å². The van der Waals surface area contributed by atoms with Crippen LogP contribution >= 0.6 is 11.3 Å². The van der Waals surface area contributed by atoms with E-state index in [1.54, 1.807) is 11.3 Å². The summed E-state index contributed by atoms with van der Waals surface area (Å²) in [6, 6.07) is 9.94. The minimum absolute atomic E-state index is 0.127. The number of non-ortho nitro benzene ring substituents is 1. The van der Waals surface area contributed by atoms with E-state index in [0.717, 1.165) is 11.4 Å². The lowest BCUT2D eigenvalue weighted by atomic mass is 10.1. The van der Waals surface area contributed by atoms with Gasteiger partial charge in [0.2, 0.25) is 5.78 Å². The van der Waals surface area contributed by atoms with Crippen LogP contribution in [-0.2, 0) is 6.54 Å². The van der Waals surface area contributed by atoms with Crippen molar-refractivity contribution in [1.82, 2.24) is 4.57 Å². The van der Waals surface area contributed by atoms with Crippen molar-refractivity contribution in [3.05, 3.63) is 73.7 Å². The average Bonchev–Trinajstić information content (AvgIpc) is 3.29. The van der Waals surface area contributed by atoms with Crippen LogP contribution in [0.25, 0.3) is 0 Å². The van der Waals surface area contributed by atoms with E-state index in [-0.39, 0.29) is 23.8 Å². The van der Waals surface area contributed by atoms with Crippen molar-refractivity contribution in [1.29, 1.82) is 0 Å². The summed E-state index contributed by atoms with van der Waals surface area (Å²) in [5, 5.41) is 13.0. The predicted octanol–water partition coefficient (Wildman–Crippen LogP) is 4.39. The number of hydrogen-bond acceptors (Lipinski definition) is 6. The fraction of sp³-hybridized carbons (Fsp3) is 0.250. The van der Waals surface area contributed by atoms with Crippen molar-refractivity contribution in [3.8, 4) is 11.5 Å². The highest BCUT2D eigenvalue weighted by atomic mass is 32.1. The van der Waals surface area contributed by atoms with Gasteiger partial charge in [-0.15, -0.1) is 11.3 Å². The average molecular weight is 400 g/mol. The topological polar surface area (TPSA) is 83.6 Å². The van der Waals surface area contributed by atoms with Crippen molar-refractivity contribution in [2.45, 2.75) is 20.4 Å². The smallest absolute Gasteiger partial charge is 0.273 e. The monoisotopic (exact) mass is 400 g/mol. The van der Waals surface area contributed by atoms with Crippen molar-refractivity contribution in [3.63, 3.8) is 0 Å². The number of aryl methyl sites for hydroxylation is 1. The predicted molar refractivity (Wildman–Crippen MR) is 107 cm³/mol. The van der Waals surface area contributed by atoms with Crippen LogP contribution < -0.4 is 9.47 Å². The number of Topliss-reactive ketones (excluding diaryl/α,β-unsaturated/α-hetero) is 1. The van der Waals surface area contributed by atoms with E-state index in [9.17, 15) is 14.9 Å². The number of hydrogen-bond donors (Lipinski definition) is 0. The number of nitro benzene ring substituents is 1. The Morgan fingerprint density at radius 3 is 2.64 bits per heavy atom. The summed E-state index contributed by atoms with van der Waals surface area (Å²) in [7, 11) is 1.44. The number of nitro groups is 1. The van der Waals surface area contributed by atoms with Crippen LogP contribution in [0.1, 0.15) is 26.6 Å². The lowest BCUT2D eigenvalue weighted by molar-refractivity contribution is -0.385. The molecule has 0 radical (unpaired) electrons. The molecule has 0 atom stereocenters. The second-order valence-electron chi connectivity index (χ2n) is 6.25. The molecule has 146 valence electrons. The van der Waals surface area contributed by atoms with E-state index < -0.39 is 4.92 Å². The summed E-state index contributed by atoms with van der Waals surface area (Å²) in [5.74, 6) is 0.304. The van der Waals surface area contributed by atoms with Gasteiger partial charge in [0.05, 0.1) is 24.6 Å². The molecule has 0 aliphatic heterocycles. The summed E-state index contributed by atoms with van der Waals surface area (Å²) in [6.07, 6.45) is 0. The Kier molecular flexibility index (Phi) is 5.79. The van der Waals surface area contributed by atoms with E-state index in [1.807, 2.05) is 31.4 Å². The molecule has 0 aliphatic rings. The largest absolute Gasteiger partial charge is 0.493 e. The lowest BCUT2D eigenvalue weighted by Gasteiger charge is -2.10. The van der Waals surface area contributed by atoms with Gasteiger partial charge in [0, 0.05) is 27.9 Å². The third kappa shape index (κ3) is 4.07. The van der Waals surface area contributed by atoms with Crippen LogP contribution in [0.3, 0.4) is 0 Å². The minimum atomic E-state index is -0.522. The standard InChI is InChI=1S/C20H20N2O5S/c1-13-9-17(14(2)21(13)11-16-5-4-8-28-16)18(23)12-27-20-10-15(22(24)25)6-7-19(20)26-3/h4-10H,11-12H2,1-3H3. The van der Waals surface area contributed by atoms with Gasteiger partial charge in [-0.1, -0.05) is 6.07 Å². The summed E-state index contributed by atoms with van der Waals surface area (Å²) in [6.45, 7) is 4.34. The number of rotatable bonds is 8. The van der Waals surface area contributed by atoms with Crippen LogP contribution in [0.5, 0.6) is 11.5 Å². The van der Waals surface area contributed by atoms with Gasteiger partial charge < -0.3 is 14.0 Å². The van der Waals surface area contributed by atoms with Gasteiger partial charge in [0.1, 0.15) is 0 Å². The van der Waals surface area contributed by atoms with Crippen LogP contribution in [-0.4, -0.2) is 29.0 Å². The van der Waals surface area contributed by atoms with E-state index in [1.165, 1.54) is 30.2 Å². The minimum Gasteiger partial charge on any atom is -0.493 e. The molecule has 0 saturated carbocycles. The van der Waals surface area contributed by atoms with Crippen molar-refractivity contribution < 1.29 is 19.2 Å². The van der Waals surface area contributed by atoms with E-state index in [2.05, 4.69) is 10.6 Å². The first kappa shape index (κ1) is 19.6. The number of nitrogens with zero attached hydrogens (tertiary/aromatic N) is 2. The number of thiophene rings is 1. The fourth-order valence-corrected chi connectivity index (χ4v) is 3.69. The van der Waals surface area contributed by atoms with Gasteiger partial charge in [-0.3, -0.25) is 14.9 Å². The Bertz CT molecular complexity index is 1010. The molecule has 3 rings (SSSR count). The molecular weight excluding hydrogens is 380 g/mol. The summed E-state index contributed by atoms with van der Waals surface area (Å²) in [5.41, 5.74) is 2.31. The van der Waals surface area contributed by atoms with Crippen molar-refractivity contribution in [2.75, 3.05) is 13.7 Å². The molecule has 0 spiro atoms. The molecule has 2 aromatic heterocycles. The van der Waals surface area contributed by atoms with Crippen LogP contribution in [0.4, 0.5) is 5.69 Å². The second kappa shape index (κ2) is 8.26. The van der Waals surface area contributed by atoms with Crippen LogP contribution in [0.15, 0.2) is 41.8 Å². The maximum Gasteiger partial charge on any atom is 0.273 e.